The van der Waals surface area contributed by atoms with E-state index in [1.165, 1.54) is 5.56 Å². The first kappa shape index (κ1) is 11.8. The van der Waals surface area contributed by atoms with E-state index >= 15 is 0 Å². The molecule has 0 aliphatic heterocycles. The van der Waals surface area contributed by atoms with Gasteiger partial charge in [-0.1, -0.05) is 18.2 Å². The van der Waals surface area contributed by atoms with Gasteiger partial charge in [0.15, 0.2) is 0 Å². The fourth-order valence-electron chi connectivity index (χ4n) is 1.64. The Bertz CT molecular complexity index is 482. The van der Waals surface area contributed by atoms with Gasteiger partial charge in [-0.25, -0.2) is 0 Å². The first-order chi connectivity index (χ1) is 6.72. The average Bonchev–Trinajstić information content (AvgIpc) is 2.18. The van der Waals surface area contributed by atoms with Crippen molar-refractivity contribution in [2.45, 2.75) is 13.8 Å². The van der Waals surface area contributed by atoms with E-state index < -0.39 is 0 Å². The highest BCUT2D eigenvalue weighted by Crippen LogP contribution is 2.24. The molecule has 0 aliphatic carbocycles. The number of fused-ring (bicyclic) bond motifs is 1. The standard InChI is InChI=1S/C11H13N3.ClH/c1-7-4-3-5-9-10(14-12)6-8(2)13-11(7)9;/h3-6H,12H2,1-2H3,(H,13,14);1H. The summed E-state index contributed by atoms with van der Waals surface area (Å²) in [7, 11) is 0. The highest BCUT2D eigenvalue weighted by molar-refractivity contribution is 5.93. The molecule has 0 saturated heterocycles. The number of halogens is 1. The summed E-state index contributed by atoms with van der Waals surface area (Å²) in [6.45, 7) is 4.02. The largest absolute Gasteiger partial charge is 0.323 e. The minimum Gasteiger partial charge on any atom is -0.323 e. The zero-order valence-corrected chi connectivity index (χ0v) is 9.56. The van der Waals surface area contributed by atoms with Crippen LogP contribution in [-0.2, 0) is 0 Å². The van der Waals surface area contributed by atoms with E-state index in [1.807, 2.05) is 25.1 Å². The lowest BCUT2D eigenvalue weighted by molar-refractivity contribution is 1.23. The Morgan fingerprint density at radius 2 is 2.00 bits per heavy atom. The van der Waals surface area contributed by atoms with E-state index in [0.29, 0.717) is 0 Å². The van der Waals surface area contributed by atoms with Crippen LogP contribution in [0, 0.1) is 13.8 Å². The number of nitrogens with zero attached hydrogens (tertiary/aromatic N) is 1. The van der Waals surface area contributed by atoms with Gasteiger partial charge < -0.3 is 5.43 Å². The van der Waals surface area contributed by atoms with Crippen molar-refractivity contribution in [3.63, 3.8) is 0 Å². The van der Waals surface area contributed by atoms with Crippen LogP contribution >= 0.6 is 12.4 Å². The lowest BCUT2D eigenvalue weighted by Gasteiger charge is -2.08. The Hall–Kier alpha value is -1.32. The molecule has 0 bridgehead atoms. The molecule has 80 valence electrons. The van der Waals surface area contributed by atoms with Crippen molar-refractivity contribution in [1.29, 1.82) is 0 Å². The molecule has 0 radical (unpaired) electrons. The van der Waals surface area contributed by atoms with Gasteiger partial charge in [-0.2, -0.15) is 0 Å². The van der Waals surface area contributed by atoms with Crippen LogP contribution in [0.5, 0.6) is 0 Å². The van der Waals surface area contributed by atoms with E-state index in [1.54, 1.807) is 0 Å². The molecule has 1 aromatic heterocycles. The zero-order valence-electron chi connectivity index (χ0n) is 8.74. The number of para-hydroxylation sites is 1. The Balaban J connectivity index is 0.00000112. The topological polar surface area (TPSA) is 50.9 Å². The number of pyridine rings is 1. The predicted molar refractivity (Wildman–Crippen MR) is 66.3 cm³/mol. The van der Waals surface area contributed by atoms with Gasteiger partial charge in [0, 0.05) is 11.1 Å². The lowest BCUT2D eigenvalue weighted by atomic mass is 10.1. The van der Waals surface area contributed by atoms with Crippen molar-refractivity contribution in [2.24, 2.45) is 5.84 Å². The molecule has 2 aromatic rings. The van der Waals surface area contributed by atoms with Crippen LogP contribution in [0.4, 0.5) is 5.69 Å². The molecule has 4 heteroatoms. The van der Waals surface area contributed by atoms with Crippen molar-refractivity contribution in [3.05, 3.63) is 35.5 Å². The van der Waals surface area contributed by atoms with Crippen LogP contribution in [-0.4, -0.2) is 4.98 Å². The van der Waals surface area contributed by atoms with Crippen LogP contribution in [0.25, 0.3) is 10.9 Å². The second kappa shape index (κ2) is 4.47. The monoisotopic (exact) mass is 223 g/mol. The number of nitrogens with two attached hydrogens (primary N) is 1. The van der Waals surface area contributed by atoms with Crippen LogP contribution in [0.3, 0.4) is 0 Å². The molecule has 3 N–H and O–H groups in total. The number of nitrogen functional groups attached to an aromatic ring is 1. The number of hydrazine groups is 1. The van der Waals surface area contributed by atoms with Crippen LogP contribution in [0.15, 0.2) is 24.3 Å². The minimum atomic E-state index is 0. The third-order valence-corrected chi connectivity index (χ3v) is 2.32. The Morgan fingerprint density at radius 1 is 1.27 bits per heavy atom. The van der Waals surface area contributed by atoms with E-state index in [9.17, 15) is 0 Å². The number of hydrogen-bond acceptors (Lipinski definition) is 3. The maximum atomic E-state index is 5.46. The Morgan fingerprint density at radius 3 is 2.67 bits per heavy atom. The molecule has 3 nitrogen and oxygen atoms in total. The van der Waals surface area contributed by atoms with Crippen molar-refractivity contribution < 1.29 is 0 Å². The lowest BCUT2D eigenvalue weighted by Crippen LogP contribution is -2.08. The molecule has 0 atom stereocenters. The smallest absolute Gasteiger partial charge is 0.0755 e. The summed E-state index contributed by atoms with van der Waals surface area (Å²) in [5.41, 5.74) is 6.78. The van der Waals surface area contributed by atoms with E-state index in [2.05, 4.69) is 23.4 Å². The molecule has 1 aromatic carbocycles. The minimum absolute atomic E-state index is 0. The Labute approximate surface area is 95.1 Å². The second-order valence-corrected chi connectivity index (χ2v) is 3.43. The van der Waals surface area contributed by atoms with Crippen molar-refractivity contribution in [1.82, 2.24) is 4.98 Å². The number of anilines is 1. The number of rotatable bonds is 1. The summed E-state index contributed by atoms with van der Waals surface area (Å²) in [5, 5.41) is 1.07. The number of aromatic nitrogens is 1. The number of nitrogens with one attached hydrogen (secondary N) is 1. The van der Waals surface area contributed by atoms with E-state index in [4.69, 9.17) is 5.84 Å². The van der Waals surface area contributed by atoms with Crippen LogP contribution in [0.2, 0.25) is 0 Å². The Kier molecular flexibility index (Phi) is 3.50. The van der Waals surface area contributed by atoms with E-state index in [0.717, 1.165) is 22.3 Å². The van der Waals surface area contributed by atoms with Gasteiger partial charge in [-0.3, -0.25) is 10.8 Å². The summed E-state index contributed by atoms with van der Waals surface area (Å²) in [4.78, 5) is 4.49. The molecule has 0 unspecified atom stereocenters. The van der Waals surface area contributed by atoms with Gasteiger partial charge in [0.2, 0.25) is 0 Å². The molecule has 0 amide bonds. The molecule has 0 fully saturated rings. The molecule has 0 spiro atoms. The molecule has 2 rings (SSSR count). The maximum Gasteiger partial charge on any atom is 0.0755 e. The predicted octanol–water partition coefficient (Wildman–Crippen LogP) is 2.56. The van der Waals surface area contributed by atoms with Gasteiger partial charge in [-0.05, 0) is 25.5 Å². The second-order valence-electron chi connectivity index (χ2n) is 3.43. The van der Waals surface area contributed by atoms with Gasteiger partial charge in [0.25, 0.3) is 0 Å². The molecular formula is C11H14ClN3. The number of aryl methyl sites for hydroxylation is 2. The average molecular weight is 224 g/mol. The van der Waals surface area contributed by atoms with Crippen molar-refractivity contribution >= 4 is 29.0 Å². The molecular weight excluding hydrogens is 210 g/mol. The van der Waals surface area contributed by atoms with Crippen molar-refractivity contribution in [3.8, 4) is 0 Å². The fraction of sp³-hybridized carbons (Fsp3) is 0.182. The third kappa shape index (κ3) is 2.03. The van der Waals surface area contributed by atoms with Gasteiger partial charge in [0.05, 0.1) is 11.2 Å². The van der Waals surface area contributed by atoms with Crippen LogP contribution in [0.1, 0.15) is 11.3 Å². The van der Waals surface area contributed by atoms with Crippen molar-refractivity contribution in [2.75, 3.05) is 5.43 Å². The molecule has 1 heterocycles. The zero-order chi connectivity index (χ0) is 10.1. The van der Waals surface area contributed by atoms with Gasteiger partial charge in [0.1, 0.15) is 0 Å². The first-order valence-electron chi connectivity index (χ1n) is 4.56. The highest BCUT2D eigenvalue weighted by atomic mass is 35.5. The normalized spacial score (nSPS) is 9.80. The quantitative estimate of drug-likeness (QED) is 0.577. The summed E-state index contributed by atoms with van der Waals surface area (Å²) >= 11 is 0. The van der Waals surface area contributed by atoms with E-state index in [-0.39, 0.29) is 12.4 Å². The number of hydrogen-bond donors (Lipinski definition) is 2. The first-order valence-corrected chi connectivity index (χ1v) is 4.56. The molecule has 0 aliphatic rings. The third-order valence-electron chi connectivity index (χ3n) is 2.32. The summed E-state index contributed by atoms with van der Waals surface area (Å²) in [5.74, 6) is 5.46. The summed E-state index contributed by atoms with van der Waals surface area (Å²) in [6, 6.07) is 8.02. The fourth-order valence-corrected chi connectivity index (χ4v) is 1.64. The summed E-state index contributed by atoms with van der Waals surface area (Å²) < 4.78 is 0. The summed E-state index contributed by atoms with van der Waals surface area (Å²) in [6.07, 6.45) is 0. The van der Waals surface area contributed by atoms with Gasteiger partial charge in [-0.15, -0.1) is 12.4 Å². The number of benzene rings is 1. The maximum absolute atomic E-state index is 5.46. The molecule has 15 heavy (non-hydrogen) atoms. The van der Waals surface area contributed by atoms with Crippen LogP contribution < -0.4 is 11.3 Å². The highest BCUT2D eigenvalue weighted by Gasteiger charge is 2.03. The SMILES string of the molecule is Cc1cc(NN)c2cccc(C)c2n1.Cl. The molecule has 0 saturated carbocycles. The van der Waals surface area contributed by atoms with Gasteiger partial charge >= 0.3 is 0 Å².